The van der Waals surface area contributed by atoms with Crippen molar-refractivity contribution >= 4 is 11.6 Å². The van der Waals surface area contributed by atoms with E-state index in [1.165, 1.54) is 0 Å². The van der Waals surface area contributed by atoms with Gasteiger partial charge in [-0.2, -0.15) is 0 Å². The molecule has 0 aliphatic heterocycles. The van der Waals surface area contributed by atoms with Gasteiger partial charge in [0.2, 0.25) is 0 Å². The number of terminal acetylenes is 1. The molecule has 2 aromatic carbocycles. The van der Waals surface area contributed by atoms with Crippen molar-refractivity contribution in [1.82, 2.24) is 0 Å². The number of hydrogen-bond acceptors (Lipinski definition) is 1. The lowest BCUT2D eigenvalue weighted by Crippen LogP contribution is -1.88. The van der Waals surface area contributed by atoms with Crippen molar-refractivity contribution in [2.75, 3.05) is 7.11 Å². The number of hydrogen-bond donors (Lipinski definition) is 0. The summed E-state index contributed by atoms with van der Waals surface area (Å²) >= 11 is 5.96. The van der Waals surface area contributed by atoms with Crippen LogP contribution in [-0.2, 0) is 0 Å². The lowest BCUT2D eigenvalue weighted by atomic mass is 10.0. The fourth-order valence-electron chi connectivity index (χ4n) is 1.66. The van der Waals surface area contributed by atoms with Crippen LogP contribution >= 0.6 is 11.6 Å². The van der Waals surface area contributed by atoms with Crippen molar-refractivity contribution in [3.8, 4) is 29.2 Å². The van der Waals surface area contributed by atoms with Crippen LogP contribution in [0.1, 0.15) is 5.56 Å². The highest BCUT2D eigenvalue weighted by molar-refractivity contribution is 6.30. The first-order chi connectivity index (χ1) is 8.24. The first kappa shape index (κ1) is 11.6. The second kappa shape index (κ2) is 4.95. The van der Waals surface area contributed by atoms with Gasteiger partial charge in [-0.3, -0.25) is 0 Å². The Morgan fingerprint density at radius 2 is 1.88 bits per heavy atom. The van der Waals surface area contributed by atoms with Gasteiger partial charge < -0.3 is 4.74 Å². The fraction of sp³-hybridized carbons (Fsp3) is 0.0667. The van der Waals surface area contributed by atoms with Gasteiger partial charge >= 0.3 is 0 Å². The summed E-state index contributed by atoms with van der Waals surface area (Å²) in [4.78, 5) is 0. The van der Waals surface area contributed by atoms with E-state index < -0.39 is 0 Å². The number of benzene rings is 2. The standard InChI is InChI=1S/C15H11ClO/c1-3-11-7-8-13(10-15(11)17-2)12-5-4-6-14(16)9-12/h1,4-10H,2H3. The normalized spacial score (nSPS) is 9.71. The van der Waals surface area contributed by atoms with Crippen molar-refractivity contribution in [3.63, 3.8) is 0 Å². The average Bonchev–Trinajstić information content (AvgIpc) is 2.38. The third-order valence-corrected chi connectivity index (χ3v) is 2.75. The average molecular weight is 243 g/mol. The van der Waals surface area contributed by atoms with Crippen molar-refractivity contribution in [1.29, 1.82) is 0 Å². The molecule has 2 rings (SSSR count). The molecule has 0 aliphatic carbocycles. The molecule has 0 saturated carbocycles. The van der Waals surface area contributed by atoms with Gasteiger partial charge in [-0.1, -0.05) is 35.7 Å². The molecular formula is C15H11ClO. The second-order valence-corrected chi connectivity index (χ2v) is 4.01. The van der Waals surface area contributed by atoms with Gasteiger partial charge in [-0.15, -0.1) is 6.42 Å². The molecule has 0 amide bonds. The van der Waals surface area contributed by atoms with Crippen LogP contribution in [0.5, 0.6) is 5.75 Å². The maximum absolute atomic E-state index is 5.96. The fourth-order valence-corrected chi connectivity index (χ4v) is 1.85. The number of halogens is 1. The first-order valence-corrected chi connectivity index (χ1v) is 5.53. The summed E-state index contributed by atoms with van der Waals surface area (Å²) in [6.45, 7) is 0. The molecule has 0 N–H and O–H groups in total. The predicted octanol–water partition coefficient (Wildman–Crippen LogP) is 4.00. The highest BCUT2D eigenvalue weighted by Gasteiger charge is 2.04. The van der Waals surface area contributed by atoms with E-state index >= 15 is 0 Å². The van der Waals surface area contributed by atoms with E-state index in [1.807, 2.05) is 42.5 Å². The molecule has 2 heteroatoms. The van der Waals surface area contributed by atoms with Gasteiger partial charge in [0.1, 0.15) is 5.75 Å². The molecule has 0 aliphatic rings. The maximum Gasteiger partial charge on any atom is 0.135 e. The molecule has 0 unspecified atom stereocenters. The Balaban J connectivity index is 2.51. The van der Waals surface area contributed by atoms with E-state index in [1.54, 1.807) is 7.11 Å². The molecule has 0 aromatic heterocycles. The van der Waals surface area contributed by atoms with E-state index in [2.05, 4.69) is 5.92 Å². The lowest BCUT2D eigenvalue weighted by Gasteiger charge is -2.07. The van der Waals surface area contributed by atoms with Crippen LogP contribution in [0.4, 0.5) is 0 Å². The van der Waals surface area contributed by atoms with E-state index in [0.717, 1.165) is 16.7 Å². The first-order valence-electron chi connectivity index (χ1n) is 5.15. The molecule has 1 nitrogen and oxygen atoms in total. The van der Waals surface area contributed by atoms with Crippen LogP contribution in [0.25, 0.3) is 11.1 Å². The number of rotatable bonds is 2. The van der Waals surface area contributed by atoms with Crippen LogP contribution in [0.3, 0.4) is 0 Å². The van der Waals surface area contributed by atoms with Crippen molar-refractivity contribution in [2.45, 2.75) is 0 Å². The monoisotopic (exact) mass is 242 g/mol. The van der Waals surface area contributed by atoms with Crippen LogP contribution in [-0.4, -0.2) is 7.11 Å². The summed E-state index contributed by atoms with van der Waals surface area (Å²) < 4.78 is 5.25. The summed E-state index contributed by atoms with van der Waals surface area (Å²) in [6.07, 6.45) is 5.39. The Bertz CT molecular complexity index is 582. The zero-order valence-corrected chi connectivity index (χ0v) is 10.2. The molecule has 84 valence electrons. The number of ether oxygens (including phenoxy) is 1. The Morgan fingerprint density at radius 1 is 1.12 bits per heavy atom. The zero-order chi connectivity index (χ0) is 12.3. The smallest absolute Gasteiger partial charge is 0.135 e. The molecule has 0 saturated heterocycles. The van der Waals surface area contributed by atoms with Crippen LogP contribution in [0, 0.1) is 12.3 Å². The minimum Gasteiger partial charge on any atom is -0.495 e. The van der Waals surface area contributed by atoms with Gasteiger partial charge in [0.15, 0.2) is 0 Å². The Labute approximate surface area is 106 Å². The number of methoxy groups -OCH3 is 1. The van der Waals surface area contributed by atoms with E-state index in [9.17, 15) is 0 Å². The van der Waals surface area contributed by atoms with Gasteiger partial charge in [-0.05, 0) is 35.4 Å². The maximum atomic E-state index is 5.96. The highest BCUT2D eigenvalue weighted by Crippen LogP contribution is 2.28. The van der Waals surface area contributed by atoms with Crippen LogP contribution in [0.15, 0.2) is 42.5 Å². The van der Waals surface area contributed by atoms with E-state index in [-0.39, 0.29) is 0 Å². The minimum absolute atomic E-state index is 0.699. The van der Waals surface area contributed by atoms with Crippen molar-refractivity contribution in [3.05, 3.63) is 53.1 Å². The topological polar surface area (TPSA) is 9.23 Å². The minimum atomic E-state index is 0.699. The summed E-state index contributed by atoms with van der Waals surface area (Å²) in [7, 11) is 1.61. The molecule has 0 fully saturated rings. The second-order valence-electron chi connectivity index (χ2n) is 3.57. The molecule has 0 heterocycles. The molecule has 0 bridgehead atoms. The zero-order valence-electron chi connectivity index (χ0n) is 9.41. The van der Waals surface area contributed by atoms with E-state index in [0.29, 0.717) is 10.8 Å². The molecule has 0 spiro atoms. The third kappa shape index (κ3) is 2.43. The van der Waals surface area contributed by atoms with E-state index in [4.69, 9.17) is 22.8 Å². The molecule has 0 atom stereocenters. The van der Waals surface area contributed by atoms with Crippen LogP contribution < -0.4 is 4.74 Å². The van der Waals surface area contributed by atoms with Gasteiger partial charge in [0.05, 0.1) is 12.7 Å². The quantitative estimate of drug-likeness (QED) is 0.724. The summed E-state index contributed by atoms with van der Waals surface area (Å²) in [5.41, 5.74) is 2.82. The Kier molecular flexibility index (Phi) is 3.37. The van der Waals surface area contributed by atoms with Crippen molar-refractivity contribution in [2.24, 2.45) is 0 Å². The molecule has 2 aromatic rings. The Hall–Kier alpha value is -1.91. The molecule has 17 heavy (non-hydrogen) atoms. The molecule has 0 radical (unpaired) electrons. The summed E-state index contributed by atoms with van der Waals surface area (Å²) in [6, 6.07) is 13.4. The summed E-state index contributed by atoms with van der Waals surface area (Å²) in [5, 5.41) is 0.711. The SMILES string of the molecule is C#Cc1ccc(-c2cccc(Cl)c2)cc1OC. The predicted molar refractivity (Wildman–Crippen MR) is 71.4 cm³/mol. The lowest BCUT2D eigenvalue weighted by molar-refractivity contribution is 0.414. The summed E-state index contributed by atoms with van der Waals surface area (Å²) in [5.74, 6) is 3.28. The van der Waals surface area contributed by atoms with Gasteiger partial charge in [-0.25, -0.2) is 0 Å². The molecular weight excluding hydrogens is 232 g/mol. The van der Waals surface area contributed by atoms with Crippen LogP contribution in [0.2, 0.25) is 5.02 Å². The Morgan fingerprint density at radius 3 is 2.53 bits per heavy atom. The highest BCUT2D eigenvalue weighted by atomic mass is 35.5. The third-order valence-electron chi connectivity index (χ3n) is 2.51. The largest absolute Gasteiger partial charge is 0.495 e. The van der Waals surface area contributed by atoms with Crippen molar-refractivity contribution < 1.29 is 4.74 Å². The van der Waals surface area contributed by atoms with Gasteiger partial charge in [0, 0.05) is 5.02 Å². The van der Waals surface area contributed by atoms with Gasteiger partial charge in [0.25, 0.3) is 0 Å².